The monoisotopic (exact) mass is 485 g/mol. The van der Waals surface area contributed by atoms with Crippen LogP contribution in [-0.4, -0.2) is 60.3 Å². The Bertz CT molecular complexity index is 1160. The van der Waals surface area contributed by atoms with Gasteiger partial charge in [0.15, 0.2) is 0 Å². The number of hydrogen-bond donors (Lipinski definition) is 1. The van der Waals surface area contributed by atoms with Crippen molar-refractivity contribution in [1.82, 2.24) is 9.47 Å². The molecule has 1 N–H and O–H groups in total. The van der Waals surface area contributed by atoms with Crippen molar-refractivity contribution in [3.05, 3.63) is 54.1 Å². The number of hydrogen-bond acceptors (Lipinski definition) is 4. The molecule has 2 fully saturated rings. The maximum absolute atomic E-state index is 13.5. The maximum Gasteiger partial charge on any atom is 0.406 e. The van der Waals surface area contributed by atoms with Gasteiger partial charge in [0.1, 0.15) is 12.8 Å². The highest BCUT2D eigenvalue weighted by Crippen LogP contribution is 2.36. The van der Waals surface area contributed by atoms with E-state index in [9.17, 15) is 18.0 Å². The molecule has 3 heterocycles. The van der Waals surface area contributed by atoms with Crippen LogP contribution in [-0.2, 0) is 11.3 Å². The minimum Gasteiger partial charge on any atom is -0.382 e. The van der Waals surface area contributed by atoms with E-state index in [1.807, 2.05) is 18.2 Å². The first-order chi connectivity index (χ1) is 16.9. The molecular formula is C27H30F3N3O2. The molecule has 0 spiro atoms. The third kappa shape index (κ3) is 5.38. The molecule has 186 valence electrons. The van der Waals surface area contributed by atoms with E-state index in [4.69, 9.17) is 4.74 Å². The van der Waals surface area contributed by atoms with Crippen molar-refractivity contribution < 1.29 is 22.7 Å². The Hall–Kier alpha value is -2.84. The number of aromatic nitrogens is 1. The van der Waals surface area contributed by atoms with Crippen LogP contribution in [0.2, 0.25) is 0 Å². The molecule has 2 saturated heterocycles. The lowest BCUT2D eigenvalue weighted by Crippen LogP contribution is -2.46. The van der Waals surface area contributed by atoms with Gasteiger partial charge in [-0.1, -0.05) is 30.3 Å². The van der Waals surface area contributed by atoms with Crippen LogP contribution in [0.25, 0.3) is 22.2 Å². The highest BCUT2D eigenvalue weighted by Gasteiger charge is 2.31. The Morgan fingerprint density at radius 3 is 2.37 bits per heavy atom. The fourth-order valence-electron chi connectivity index (χ4n) is 5.41. The van der Waals surface area contributed by atoms with Gasteiger partial charge in [-0.05, 0) is 49.4 Å². The van der Waals surface area contributed by atoms with Crippen LogP contribution < -0.4 is 5.32 Å². The summed E-state index contributed by atoms with van der Waals surface area (Å²) in [6, 6.07) is 14.9. The van der Waals surface area contributed by atoms with Gasteiger partial charge in [-0.3, -0.25) is 4.79 Å². The summed E-state index contributed by atoms with van der Waals surface area (Å²) in [5.41, 5.74) is 3.02. The quantitative estimate of drug-likeness (QED) is 0.453. The molecule has 35 heavy (non-hydrogen) atoms. The molecule has 8 heteroatoms. The summed E-state index contributed by atoms with van der Waals surface area (Å²) in [7, 11) is 0. The van der Waals surface area contributed by atoms with Crippen LogP contribution in [0, 0.1) is 0 Å². The lowest BCUT2D eigenvalue weighted by Gasteiger charge is -2.39. The summed E-state index contributed by atoms with van der Waals surface area (Å²) in [4.78, 5) is 13.6. The predicted octanol–water partition coefficient (Wildman–Crippen LogP) is 5.74. The zero-order valence-electron chi connectivity index (χ0n) is 19.6. The predicted molar refractivity (Wildman–Crippen MR) is 131 cm³/mol. The Labute approximate surface area is 202 Å². The number of halogens is 3. The molecule has 0 atom stereocenters. The van der Waals surface area contributed by atoms with Gasteiger partial charge in [0.25, 0.3) is 0 Å². The number of carbonyl (C=O) groups is 1. The van der Waals surface area contributed by atoms with Crippen molar-refractivity contribution in [3.63, 3.8) is 0 Å². The molecule has 0 aliphatic carbocycles. The number of carbonyl (C=O) groups excluding carboxylic acids is 1. The van der Waals surface area contributed by atoms with Crippen LogP contribution in [0.4, 0.5) is 18.9 Å². The Morgan fingerprint density at radius 1 is 1.00 bits per heavy atom. The largest absolute Gasteiger partial charge is 0.406 e. The SMILES string of the molecule is O=Cc1ccc(-c2cc3c(NC4CCN(C5CCOCC5)CC4)cccc3n2CC(F)(F)F)cc1. The number of rotatable bonds is 6. The topological polar surface area (TPSA) is 46.5 Å². The fraction of sp³-hybridized carbons (Fsp3) is 0.444. The van der Waals surface area contributed by atoms with E-state index in [1.54, 1.807) is 30.3 Å². The highest BCUT2D eigenvalue weighted by molar-refractivity contribution is 5.96. The second-order valence-electron chi connectivity index (χ2n) is 9.51. The number of nitrogens with zero attached hydrogens (tertiary/aromatic N) is 2. The van der Waals surface area contributed by atoms with Crippen molar-refractivity contribution in [1.29, 1.82) is 0 Å². The molecule has 5 rings (SSSR count). The molecule has 3 aromatic rings. The lowest BCUT2D eigenvalue weighted by molar-refractivity contribution is -0.139. The van der Waals surface area contributed by atoms with Gasteiger partial charge in [-0.2, -0.15) is 13.2 Å². The van der Waals surface area contributed by atoms with Gasteiger partial charge < -0.3 is 19.5 Å². The zero-order chi connectivity index (χ0) is 24.4. The number of alkyl halides is 3. The number of aldehydes is 1. The third-order valence-electron chi connectivity index (χ3n) is 7.22. The Balaban J connectivity index is 1.41. The molecular weight excluding hydrogens is 455 g/mol. The van der Waals surface area contributed by atoms with Gasteiger partial charge in [0, 0.05) is 60.7 Å². The average molecular weight is 486 g/mol. The summed E-state index contributed by atoms with van der Waals surface area (Å²) >= 11 is 0. The van der Waals surface area contributed by atoms with E-state index in [0.717, 1.165) is 69.3 Å². The lowest BCUT2D eigenvalue weighted by atomic mass is 9.99. The van der Waals surface area contributed by atoms with Gasteiger partial charge in [0.2, 0.25) is 0 Å². The number of piperidine rings is 1. The molecule has 2 aliphatic rings. The molecule has 0 radical (unpaired) electrons. The number of benzene rings is 2. The molecule has 5 nitrogen and oxygen atoms in total. The zero-order valence-corrected chi connectivity index (χ0v) is 19.6. The minimum atomic E-state index is -4.36. The first-order valence-corrected chi connectivity index (χ1v) is 12.2. The number of ether oxygens (including phenoxy) is 1. The summed E-state index contributed by atoms with van der Waals surface area (Å²) in [5.74, 6) is 0. The molecule has 1 aromatic heterocycles. The van der Waals surface area contributed by atoms with E-state index in [0.29, 0.717) is 28.4 Å². The minimum absolute atomic E-state index is 0.276. The van der Waals surface area contributed by atoms with E-state index >= 15 is 0 Å². The van der Waals surface area contributed by atoms with Gasteiger partial charge >= 0.3 is 6.18 Å². The van der Waals surface area contributed by atoms with Crippen molar-refractivity contribution in [2.75, 3.05) is 31.6 Å². The smallest absolute Gasteiger partial charge is 0.382 e. The Kier molecular flexibility index (Phi) is 6.84. The normalized spacial score (nSPS) is 18.7. The van der Waals surface area contributed by atoms with Crippen molar-refractivity contribution >= 4 is 22.9 Å². The third-order valence-corrected chi connectivity index (χ3v) is 7.22. The average Bonchev–Trinajstić information content (AvgIpc) is 3.23. The van der Waals surface area contributed by atoms with Crippen molar-refractivity contribution in [2.24, 2.45) is 0 Å². The van der Waals surface area contributed by atoms with Crippen LogP contribution in [0.5, 0.6) is 0 Å². The Morgan fingerprint density at radius 2 is 1.71 bits per heavy atom. The maximum atomic E-state index is 13.5. The van der Waals surface area contributed by atoms with Gasteiger partial charge in [0.05, 0.1) is 5.52 Å². The second-order valence-corrected chi connectivity index (χ2v) is 9.51. The number of fused-ring (bicyclic) bond motifs is 1. The van der Waals surface area contributed by atoms with Crippen LogP contribution in [0.15, 0.2) is 48.5 Å². The molecule has 0 bridgehead atoms. The summed E-state index contributed by atoms with van der Waals surface area (Å²) in [6.07, 6.45) is 0.532. The number of likely N-dealkylation sites (tertiary alicyclic amines) is 1. The van der Waals surface area contributed by atoms with Crippen molar-refractivity contribution in [2.45, 2.75) is 50.5 Å². The first-order valence-electron chi connectivity index (χ1n) is 12.2. The molecule has 0 amide bonds. The van der Waals surface area contributed by atoms with Crippen LogP contribution in [0.1, 0.15) is 36.0 Å². The standard InChI is InChI=1S/C27H30F3N3O2/c28-27(29,30)18-33-25-3-1-2-24(23(25)16-26(33)20-6-4-19(17-34)5-7-20)31-21-8-12-32(13-9-21)22-10-14-35-15-11-22/h1-7,16-17,21-22,31H,8-15,18H2. The van der Waals surface area contributed by atoms with Crippen LogP contribution >= 0.6 is 0 Å². The summed E-state index contributed by atoms with van der Waals surface area (Å²) < 4.78 is 47.4. The highest BCUT2D eigenvalue weighted by atomic mass is 19.4. The summed E-state index contributed by atoms with van der Waals surface area (Å²) in [6.45, 7) is 2.62. The first kappa shape index (κ1) is 23.9. The van der Waals surface area contributed by atoms with Crippen molar-refractivity contribution in [3.8, 4) is 11.3 Å². The molecule has 0 saturated carbocycles. The van der Waals surface area contributed by atoms with E-state index < -0.39 is 12.7 Å². The van der Waals surface area contributed by atoms with E-state index in [1.165, 1.54) is 4.57 Å². The van der Waals surface area contributed by atoms with Crippen LogP contribution in [0.3, 0.4) is 0 Å². The van der Waals surface area contributed by atoms with Gasteiger partial charge in [-0.15, -0.1) is 0 Å². The summed E-state index contributed by atoms with van der Waals surface area (Å²) in [5, 5.41) is 4.40. The van der Waals surface area contributed by atoms with Gasteiger partial charge in [-0.25, -0.2) is 0 Å². The molecule has 0 unspecified atom stereocenters. The number of nitrogens with one attached hydrogen (secondary N) is 1. The molecule has 2 aliphatic heterocycles. The second kappa shape index (κ2) is 10.0. The van der Waals surface area contributed by atoms with E-state index in [-0.39, 0.29) is 6.04 Å². The number of anilines is 1. The molecule has 2 aromatic carbocycles. The fourth-order valence-corrected chi connectivity index (χ4v) is 5.41. The van der Waals surface area contributed by atoms with E-state index in [2.05, 4.69) is 10.2 Å².